The van der Waals surface area contributed by atoms with Gasteiger partial charge in [0.2, 0.25) is 5.91 Å². The number of rotatable bonds is 5. The van der Waals surface area contributed by atoms with Crippen molar-refractivity contribution in [3.63, 3.8) is 0 Å². The number of carbonyl (C=O) groups is 2. The molecule has 1 aromatic carbocycles. The Morgan fingerprint density at radius 3 is 2.67 bits per heavy atom. The number of hydrogen-bond acceptors (Lipinski definition) is 2. The van der Waals surface area contributed by atoms with E-state index in [-0.39, 0.29) is 11.8 Å². The summed E-state index contributed by atoms with van der Waals surface area (Å²) in [5.41, 5.74) is 1.90. The minimum Gasteiger partial charge on any atom is -0.481 e. The smallest absolute Gasteiger partial charge is 0.307 e. The van der Waals surface area contributed by atoms with E-state index in [1.807, 2.05) is 24.3 Å². The van der Waals surface area contributed by atoms with Gasteiger partial charge in [0.05, 0.1) is 11.8 Å². The fourth-order valence-corrected chi connectivity index (χ4v) is 2.11. The summed E-state index contributed by atoms with van der Waals surface area (Å²) in [5, 5.41) is 11.6. The van der Waals surface area contributed by atoms with Crippen LogP contribution >= 0.6 is 0 Å². The van der Waals surface area contributed by atoms with Crippen LogP contribution in [0.2, 0.25) is 0 Å². The first kappa shape index (κ1) is 12.6. The molecule has 0 spiro atoms. The normalized spacial score (nSPS) is 21.4. The standard InChI is InChI=1S/C14H17NO3/c1-2-5-9-6-3-4-7-12(9)15-13(16)10-8-11(10)14(17)18/h3-4,6-7,10-11H,2,5,8H2,1H3,(H,15,16)(H,17,18). The molecule has 1 fully saturated rings. The predicted molar refractivity (Wildman–Crippen MR) is 68.3 cm³/mol. The molecule has 0 bridgehead atoms. The van der Waals surface area contributed by atoms with Crippen LogP contribution in [0.25, 0.3) is 0 Å². The monoisotopic (exact) mass is 247 g/mol. The van der Waals surface area contributed by atoms with Gasteiger partial charge in [0.25, 0.3) is 0 Å². The van der Waals surface area contributed by atoms with Gasteiger partial charge in [0.15, 0.2) is 0 Å². The summed E-state index contributed by atoms with van der Waals surface area (Å²) >= 11 is 0. The summed E-state index contributed by atoms with van der Waals surface area (Å²) in [6.07, 6.45) is 2.37. The maximum atomic E-state index is 11.9. The van der Waals surface area contributed by atoms with Crippen LogP contribution < -0.4 is 5.32 Å². The van der Waals surface area contributed by atoms with Crippen molar-refractivity contribution in [2.45, 2.75) is 26.2 Å². The fraction of sp³-hybridized carbons (Fsp3) is 0.429. The number of aliphatic carboxylic acids is 1. The second kappa shape index (κ2) is 5.21. The first-order valence-corrected chi connectivity index (χ1v) is 6.25. The third-order valence-electron chi connectivity index (χ3n) is 3.24. The van der Waals surface area contributed by atoms with E-state index in [1.165, 1.54) is 0 Å². The molecule has 0 aliphatic heterocycles. The van der Waals surface area contributed by atoms with Crippen molar-refractivity contribution in [1.82, 2.24) is 0 Å². The van der Waals surface area contributed by atoms with Gasteiger partial charge >= 0.3 is 5.97 Å². The topological polar surface area (TPSA) is 66.4 Å². The Bertz CT molecular complexity index is 470. The molecule has 1 aromatic rings. The molecule has 18 heavy (non-hydrogen) atoms. The highest BCUT2D eigenvalue weighted by molar-refractivity contribution is 5.98. The second-order valence-electron chi connectivity index (χ2n) is 4.68. The summed E-state index contributed by atoms with van der Waals surface area (Å²) in [7, 11) is 0. The number of anilines is 1. The van der Waals surface area contributed by atoms with E-state index < -0.39 is 11.9 Å². The first-order valence-electron chi connectivity index (χ1n) is 6.25. The van der Waals surface area contributed by atoms with E-state index in [1.54, 1.807) is 0 Å². The van der Waals surface area contributed by atoms with Crippen molar-refractivity contribution in [2.75, 3.05) is 5.32 Å². The zero-order chi connectivity index (χ0) is 13.1. The molecule has 2 atom stereocenters. The summed E-state index contributed by atoms with van der Waals surface area (Å²) in [6, 6.07) is 7.66. The quantitative estimate of drug-likeness (QED) is 0.839. The van der Waals surface area contributed by atoms with Crippen LogP contribution in [0.1, 0.15) is 25.3 Å². The van der Waals surface area contributed by atoms with Crippen LogP contribution in [0.5, 0.6) is 0 Å². The molecule has 1 aliphatic rings. The summed E-state index contributed by atoms with van der Waals surface area (Å²) in [5.74, 6) is -1.91. The molecule has 0 radical (unpaired) electrons. The highest BCUT2D eigenvalue weighted by Crippen LogP contribution is 2.39. The van der Waals surface area contributed by atoms with E-state index in [0.29, 0.717) is 6.42 Å². The summed E-state index contributed by atoms with van der Waals surface area (Å²) < 4.78 is 0. The molecule has 2 rings (SSSR count). The Labute approximate surface area is 106 Å². The number of carboxylic acids is 1. The third-order valence-corrected chi connectivity index (χ3v) is 3.24. The van der Waals surface area contributed by atoms with E-state index >= 15 is 0 Å². The van der Waals surface area contributed by atoms with Crippen molar-refractivity contribution in [3.8, 4) is 0 Å². The fourth-order valence-electron chi connectivity index (χ4n) is 2.11. The minimum absolute atomic E-state index is 0.175. The molecule has 0 saturated heterocycles. The number of benzene rings is 1. The Kier molecular flexibility index (Phi) is 3.65. The summed E-state index contributed by atoms with van der Waals surface area (Å²) in [6.45, 7) is 2.08. The Balaban J connectivity index is 2.01. The lowest BCUT2D eigenvalue weighted by molar-refractivity contribution is -0.139. The zero-order valence-electron chi connectivity index (χ0n) is 10.3. The average molecular weight is 247 g/mol. The molecule has 96 valence electrons. The van der Waals surface area contributed by atoms with Gasteiger partial charge in [-0.25, -0.2) is 0 Å². The van der Waals surface area contributed by atoms with Crippen LogP contribution in [-0.4, -0.2) is 17.0 Å². The van der Waals surface area contributed by atoms with E-state index in [9.17, 15) is 9.59 Å². The second-order valence-corrected chi connectivity index (χ2v) is 4.68. The number of carboxylic acid groups (broad SMARTS) is 1. The van der Waals surface area contributed by atoms with Crippen LogP contribution in [0.15, 0.2) is 24.3 Å². The van der Waals surface area contributed by atoms with E-state index in [0.717, 1.165) is 24.1 Å². The number of para-hydroxylation sites is 1. The Morgan fingerprint density at radius 1 is 1.33 bits per heavy atom. The van der Waals surface area contributed by atoms with Gasteiger partial charge in [-0.3, -0.25) is 9.59 Å². The number of carbonyl (C=O) groups excluding carboxylic acids is 1. The van der Waals surface area contributed by atoms with Crippen LogP contribution in [0.3, 0.4) is 0 Å². The molecule has 1 aliphatic carbocycles. The van der Waals surface area contributed by atoms with Crippen LogP contribution in [0.4, 0.5) is 5.69 Å². The molecule has 1 saturated carbocycles. The predicted octanol–water partition coefficient (Wildman–Crippen LogP) is 2.30. The van der Waals surface area contributed by atoms with Gasteiger partial charge in [0, 0.05) is 5.69 Å². The molecule has 4 nitrogen and oxygen atoms in total. The van der Waals surface area contributed by atoms with Crippen molar-refractivity contribution in [2.24, 2.45) is 11.8 Å². The van der Waals surface area contributed by atoms with Crippen molar-refractivity contribution >= 4 is 17.6 Å². The minimum atomic E-state index is -0.878. The molecular formula is C14H17NO3. The Morgan fingerprint density at radius 2 is 2.06 bits per heavy atom. The van der Waals surface area contributed by atoms with Crippen molar-refractivity contribution in [1.29, 1.82) is 0 Å². The SMILES string of the molecule is CCCc1ccccc1NC(=O)C1CC1C(=O)O. The lowest BCUT2D eigenvalue weighted by atomic mass is 10.1. The molecule has 2 unspecified atom stereocenters. The number of hydrogen-bond donors (Lipinski definition) is 2. The molecule has 0 aromatic heterocycles. The summed E-state index contributed by atoms with van der Waals surface area (Å²) in [4.78, 5) is 22.6. The lowest BCUT2D eigenvalue weighted by Crippen LogP contribution is -2.17. The maximum Gasteiger partial charge on any atom is 0.307 e. The zero-order valence-corrected chi connectivity index (χ0v) is 10.3. The number of aryl methyl sites for hydroxylation is 1. The highest BCUT2D eigenvalue weighted by atomic mass is 16.4. The molecule has 0 heterocycles. The van der Waals surface area contributed by atoms with E-state index in [4.69, 9.17) is 5.11 Å². The number of amides is 1. The third kappa shape index (κ3) is 2.70. The largest absolute Gasteiger partial charge is 0.481 e. The van der Waals surface area contributed by atoms with Crippen molar-refractivity contribution in [3.05, 3.63) is 29.8 Å². The highest BCUT2D eigenvalue weighted by Gasteiger charge is 2.48. The average Bonchev–Trinajstić information content (AvgIpc) is 3.12. The molecule has 1 amide bonds. The van der Waals surface area contributed by atoms with Gasteiger partial charge in [-0.2, -0.15) is 0 Å². The van der Waals surface area contributed by atoms with Crippen LogP contribution in [0, 0.1) is 11.8 Å². The Hall–Kier alpha value is -1.84. The lowest BCUT2D eigenvalue weighted by Gasteiger charge is -2.09. The van der Waals surface area contributed by atoms with Gasteiger partial charge < -0.3 is 10.4 Å². The van der Waals surface area contributed by atoms with E-state index in [2.05, 4.69) is 12.2 Å². The van der Waals surface area contributed by atoms with Gasteiger partial charge in [0.1, 0.15) is 0 Å². The first-order chi connectivity index (χ1) is 8.63. The molecule has 4 heteroatoms. The van der Waals surface area contributed by atoms with Gasteiger partial charge in [-0.05, 0) is 24.5 Å². The van der Waals surface area contributed by atoms with Gasteiger partial charge in [-0.15, -0.1) is 0 Å². The van der Waals surface area contributed by atoms with Crippen LogP contribution in [-0.2, 0) is 16.0 Å². The van der Waals surface area contributed by atoms with Crippen molar-refractivity contribution < 1.29 is 14.7 Å². The molecular weight excluding hydrogens is 230 g/mol. The molecule has 2 N–H and O–H groups in total. The van der Waals surface area contributed by atoms with Gasteiger partial charge in [-0.1, -0.05) is 31.5 Å². The number of nitrogens with one attached hydrogen (secondary N) is 1. The maximum absolute atomic E-state index is 11.9.